The van der Waals surface area contributed by atoms with Crippen molar-refractivity contribution in [2.75, 3.05) is 6.61 Å². The molecule has 0 heterocycles. The van der Waals surface area contributed by atoms with E-state index in [2.05, 4.69) is 26.5 Å². The first kappa shape index (κ1) is 23.6. The molecule has 9 nitrogen and oxygen atoms in total. The summed E-state index contributed by atoms with van der Waals surface area (Å²) in [5, 5.41) is 14.8. The highest BCUT2D eigenvalue weighted by Crippen LogP contribution is 2.37. The third-order valence-electron chi connectivity index (χ3n) is 4.23. The van der Waals surface area contributed by atoms with Crippen molar-refractivity contribution < 1.29 is 24.0 Å². The topological polar surface area (TPSA) is 120 Å². The Morgan fingerprint density at radius 2 is 1.82 bits per heavy atom. The van der Waals surface area contributed by atoms with E-state index in [1.54, 1.807) is 49.4 Å². The van der Waals surface area contributed by atoms with Gasteiger partial charge in [-0.25, -0.2) is 10.2 Å². The SMILES string of the molecule is CCOc1cc(/C=N\NC(=O)c2cccc([N+](=O)[O-])c2)cc(Br)c1OC(=O)c1ccccc1. The highest BCUT2D eigenvalue weighted by atomic mass is 79.9. The second-order valence-electron chi connectivity index (χ2n) is 6.53. The molecule has 0 aliphatic rings. The molecular weight excluding hydrogens is 494 g/mol. The molecule has 0 radical (unpaired) electrons. The fraction of sp³-hybridized carbons (Fsp3) is 0.0870. The van der Waals surface area contributed by atoms with Crippen LogP contribution in [0.1, 0.15) is 33.2 Å². The predicted octanol–water partition coefficient (Wildman–Crippen LogP) is 4.74. The van der Waals surface area contributed by atoms with Crippen molar-refractivity contribution in [1.29, 1.82) is 0 Å². The maximum Gasteiger partial charge on any atom is 0.343 e. The lowest BCUT2D eigenvalue weighted by atomic mass is 10.2. The minimum atomic E-state index is -0.604. The van der Waals surface area contributed by atoms with Gasteiger partial charge < -0.3 is 9.47 Å². The summed E-state index contributed by atoms with van der Waals surface area (Å²) in [6.45, 7) is 2.11. The number of nitro groups is 1. The molecular formula is C23H18BrN3O6. The number of carbonyl (C=O) groups is 2. The van der Waals surface area contributed by atoms with Crippen LogP contribution in [0.3, 0.4) is 0 Å². The summed E-state index contributed by atoms with van der Waals surface area (Å²) in [6.07, 6.45) is 1.37. The Morgan fingerprint density at radius 1 is 1.09 bits per heavy atom. The highest BCUT2D eigenvalue weighted by molar-refractivity contribution is 9.10. The number of ether oxygens (including phenoxy) is 2. The Labute approximate surface area is 197 Å². The number of halogens is 1. The number of benzene rings is 3. The molecule has 33 heavy (non-hydrogen) atoms. The van der Waals surface area contributed by atoms with Crippen molar-refractivity contribution >= 4 is 39.7 Å². The van der Waals surface area contributed by atoms with Crippen molar-refractivity contribution in [3.8, 4) is 11.5 Å². The third kappa shape index (κ3) is 6.23. The summed E-state index contributed by atoms with van der Waals surface area (Å²) in [7, 11) is 0. The van der Waals surface area contributed by atoms with Gasteiger partial charge in [-0.3, -0.25) is 14.9 Å². The first-order valence-electron chi connectivity index (χ1n) is 9.70. The summed E-state index contributed by atoms with van der Waals surface area (Å²) >= 11 is 3.38. The van der Waals surface area contributed by atoms with E-state index in [4.69, 9.17) is 9.47 Å². The zero-order valence-electron chi connectivity index (χ0n) is 17.4. The van der Waals surface area contributed by atoms with Crippen molar-refractivity contribution in [3.63, 3.8) is 0 Å². The molecule has 3 aromatic rings. The number of nitrogens with zero attached hydrogens (tertiary/aromatic N) is 2. The molecule has 0 bridgehead atoms. The first-order valence-corrected chi connectivity index (χ1v) is 10.5. The number of hydrogen-bond donors (Lipinski definition) is 1. The number of esters is 1. The Balaban J connectivity index is 1.76. The molecule has 0 aliphatic carbocycles. The second-order valence-corrected chi connectivity index (χ2v) is 7.38. The maximum atomic E-state index is 12.4. The van der Waals surface area contributed by atoms with Crippen molar-refractivity contribution in [3.05, 3.63) is 98.0 Å². The van der Waals surface area contributed by atoms with Crippen LogP contribution < -0.4 is 14.9 Å². The van der Waals surface area contributed by atoms with Gasteiger partial charge in [-0.1, -0.05) is 24.3 Å². The lowest BCUT2D eigenvalue weighted by Gasteiger charge is -2.13. The summed E-state index contributed by atoms with van der Waals surface area (Å²) in [4.78, 5) is 34.9. The van der Waals surface area contributed by atoms with E-state index in [0.717, 1.165) is 6.07 Å². The molecule has 168 valence electrons. The lowest BCUT2D eigenvalue weighted by Crippen LogP contribution is -2.17. The van der Waals surface area contributed by atoms with Crippen LogP contribution in [0.25, 0.3) is 0 Å². The molecule has 1 N–H and O–H groups in total. The van der Waals surface area contributed by atoms with E-state index in [9.17, 15) is 19.7 Å². The highest BCUT2D eigenvalue weighted by Gasteiger charge is 2.17. The average molecular weight is 512 g/mol. The molecule has 3 aromatic carbocycles. The molecule has 0 fully saturated rings. The standard InChI is InChI=1S/C23H18BrN3O6/c1-2-32-20-12-15(11-19(24)21(20)33-23(29)16-7-4-3-5-8-16)14-25-26-22(28)17-9-6-10-18(13-17)27(30)31/h3-14H,2H2,1H3,(H,26,28)/b25-14-. The van der Waals surface area contributed by atoms with Crippen molar-refractivity contribution in [1.82, 2.24) is 5.43 Å². The summed E-state index contributed by atoms with van der Waals surface area (Å²) in [5.74, 6) is -0.624. The van der Waals surface area contributed by atoms with Crippen LogP contribution in [0.4, 0.5) is 5.69 Å². The van der Waals surface area contributed by atoms with Gasteiger partial charge >= 0.3 is 5.97 Å². The molecule has 10 heteroatoms. The van der Waals surface area contributed by atoms with Gasteiger partial charge in [-0.05, 0) is 58.7 Å². The monoisotopic (exact) mass is 511 g/mol. The normalized spacial score (nSPS) is 10.6. The quantitative estimate of drug-likeness (QED) is 0.153. The zero-order chi connectivity index (χ0) is 23.8. The minimum Gasteiger partial charge on any atom is -0.490 e. The van der Waals surface area contributed by atoms with Gasteiger partial charge in [0.15, 0.2) is 11.5 Å². The van der Waals surface area contributed by atoms with Crippen molar-refractivity contribution in [2.45, 2.75) is 6.92 Å². The average Bonchev–Trinajstić information content (AvgIpc) is 2.82. The molecule has 0 spiro atoms. The van der Waals surface area contributed by atoms with Gasteiger partial charge in [-0.15, -0.1) is 0 Å². The van der Waals surface area contributed by atoms with E-state index < -0.39 is 16.8 Å². The molecule has 0 unspecified atom stereocenters. The molecule has 1 amide bonds. The molecule has 0 aromatic heterocycles. The van der Waals surface area contributed by atoms with Crippen LogP contribution in [0, 0.1) is 10.1 Å². The Bertz CT molecular complexity index is 1210. The van der Waals surface area contributed by atoms with Gasteiger partial charge in [0.1, 0.15) is 0 Å². The zero-order valence-corrected chi connectivity index (χ0v) is 18.9. The number of hydrazone groups is 1. The van der Waals surface area contributed by atoms with Gasteiger partial charge in [0.25, 0.3) is 11.6 Å². The molecule has 3 rings (SSSR count). The van der Waals surface area contributed by atoms with Crippen LogP contribution >= 0.6 is 15.9 Å². The Hall–Kier alpha value is -4.05. The summed E-state index contributed by atoms with van der Waals surface area (Å²) in [6, 6.07) is 17.1. The smallest absolute Gasteiger partial charge is 0.343 e. The molecule has 0 saturated carbocycles. The van der Waals surface area contributed by atoms with Gasteiger partial charge in [-0.2, -0.15) is 5.10 Å². The number of carbonyl (C=O) groups excluding carboxylic acids is 2. The van der Waals surface area contributed by atoms with Crippen LogP contribution in [0.15, 0.2) is 76.3 Å². The van der Waals surface area contributed by atoms with Crippen LogP contribution in [-0.4, -0.2) is 29.6 Å². The molecule has 0 saturated heterocycles. The predicted molar refractivity (Wildman–Crippen MR) is 125 cm³/mol. The van der Waals surface area contributed by atoms with E-state index >= 15 is 0 Å². The van der Waals surface area contributed by atoms with Crippen LogP contribution in [-0.2, 0) is 0 Å². The van der Waals surface area contributed by atoms with Gasteiger partial charge in [0.2, 0.25) is 0 Å². The number of nitrogens with one attached hydrogen (secondary N) is 1. The first-order chi connectivity index (χ1) is 15.9. The molecule has 0 aliphatic heterocycles. The van der Waals surface area contributed by atoms with E-state index in [1.807, 2.05) is 0 Å². The lowest BCUT2D eigenvalue weighted by molar-refractivity contribution is -0.384. The number of non-ortho nitro benzene ring substituents is 1. The largest absolute Gasteiger partial charge is 0.490 e. The summed E-state index contributed by atoms with van der Waals surface area (Å²) < 4.78 is 11.6. The number of nitro benzene ring substituents is 1. The Kier molecular flexibility index (Phi) is 7.87. The van der Waals surface area contributed by atoms with Crippen LogP contribution in [0.5, 0.6) is 11.5 Å². The summed E-state index contributed by atoms with van der Waals surface area (Å²) in [5.41, 5.74) is 3.16. The minimum absolute atomic E-state index is 0.0979. The van der Waals surface area contributed by atoms with Crippen LogP contribution in [0.2, 0.25) is 0 Å². The fourth-order valence-electron chi connectivity index (χ4n) is 2.74. The van der Waals surface area contributed by atoms with E-state index in [0.29, 0.717) is 28.0 Å². The van der Waals surface area contributed by atoms with Gasteiger partial charge in [0, 0.05) is 17.7 Å². The maximum absolute atomic E-state index is 12.4. The third-order valence-corrected chi connectivity index (χ3v) is 4.82. The number of rotatable bonds is 8. The van der Waals surface area contributed by atoms with E-state index in [-0.39, 0.29) is 17.0 Å². The van der Waals surface area contributed by atoms with E-state index in [1.165, 1.54) is 24.4 Å². The number of amides is 1. The number of hydrogen-bond acceptors (Lipinski definition) is 7. The van der Waals surface area contributed by atoms with Crippen molar-refractivity contribution in [2.24, 2.45) is 5.10 Å². The second kappa shape index (κ2) is 11.0. The Morgan fingerprint density at radius 3 is 2.52 bits per heavy atom. The molecule has 0 atom stereocenters. The van der Waals surface area contributed by atoms with Gasteiger partial charge in [0.05, 0.1) is 27.8 Å². The fourth-order valence-corrected chi connectivity index (χ4v) is 3.28.